The van der Waals surface area contributed by atoms with E-state index in [9.17, 15) is 14.4 Å². The standard InChI is InChI=1S/C31H37ClN6O3/c1-31(2,3)18-37-17-24-20(13-25(32)28-23(24)15-33-35-28)12-21(29(37)40)14-27(39)36-10-8-22(9-11-36)38-16-19-6-4-5-7-26(19)34-30(38)41/h4-7,13,15,21-22H,8-12,14,16-18H2,1-3H3,(H,33,35)(H,34,41)/t21-/m0/s1. The number of rotatable bonds is 4. The Kier molecular flexibility index (Phi) is 7.18. The number of hydrogen-bond acceptors (Lipinski definition) is 4. The second-order valence-corrected chi connectivity index (χ2v) is 13.2. The number of benzene rings is 2. The maximum absolute atomic E-state index is 13.9. The molecule has 2 aromatic carbocycles. The molecule has 0 bridgehead atoms. The largest absolute Gasteiger partial charge is 0.343 e. The highest BCUT2D eigenvalue weighted by Crippen LogP contribution is 2.35. The van der Waals surface area contributed by atoms with Gasteiger partial charge in [0.2, 0.25) is 11.8 Å². The SMILES string of the molecule is CC(C)(C)CN1Cc2c(cc(Cl)c3[nH]ncc23)C[C@@H](CC(=O)N2CCC(N3Cc4ccccc4NC3=O)CC2)C1=O. The molecular weight excluding hydrogens is 540 g/mol. The fraction of sp³-hybridized carbons (Fsp3) is 0.484. The highest BCUT2D eigenvalue weighted by Gasteiger charge is 2.37. The van der Waals surface area contributed by atoms with Crippen molar-refractivity contribution in [3.63, 3.8) is 0 Å². The molecule has 3 aliphatic rings. The maximum atomic E-state index is 13.9. The summed E-state index contributed by atoms with van der Waals surface area (Å²) in [5, 5.41) is 11.7. The summed E-state index contributed by atoms with van der Waals surface area (Å²) in [4.78, 5) is 46.0. The number of aromatic amines is 1. The molecule has 4 amide bonds. The number of amides is 4. The second-order valence-electron chi connectivity index (χ2n) is 12.8. The summed E-state index contributed by atoms with van der Waals surface area (Å²) in [6.07, 6.45) is 3.82. The van der Waals surface area contributed by atoms with Crippen LogP contribution in [-0.2, 0) is 29.1 Å². The average Bonchev–Trinajstić information content (AvgIpc) is 3.39. The number of aromatic nitrogens is 2. The van der Waals surface area contributed by atoms with Gasteiger partial charge in [-0.25, -0.2) is 4.79 Å². The van der Waals surface area contributed by atoms with Gasteiger partial charge in [0.25, 0.3) is 0 Å². The number of halogens is 1. The van der Waals surface area contributed by atoms with Crippen molar-refractivity contribution in [2.75, 3.05) is 25.0 Å². The summed E-state index contributed by atoms with van der Waals surface area (Å²) < 4.78 is 0. The van der Waals surface area contributed by atoms with Crippen molar-refractivity contribution in [2.45, 2.75) is 65.6 Å². The Morgan fingerprint density at radius 1 is 1.10 bits per heavy atom. The number of likely N-dealkylation sites (tertiary alicyclic amines) is 1. The molecule has 6 rings (SSSR count). The molecule has 1 fully saturated rings. The molecule has 0 aliphatic carbocycles. The minimum absolute atomic E-state index is 0.00936. The minimum Gasteiger partial charge on any atom is -0.343 e. The van der Waals surface area contributed by atoms with Crippen LogP contribution in [0.1, 0.15) is 56.7 Å². The Morgan fingerprint density at radius 2 is 1.85 bits per heavy atom. The molecule has 1 saturated heterocycles. The molecule has 1 aromatic heterocycles. The first-order valence-electron chi connectivity index (χ1n) is 14.4. The van der Waals surface area contributed by atoms with Crippen molar-refractivity contribution in [1.82, 2.24) is 24.9 Å². The van der Waals surface area contributed by atoms with E-state index in [1.165, 1.54) is 0 Å². The number of carbonyl (C=O) groups is 3. The zero-order chi connectivity index (χ0) is 28.9. The molecule has 3 aromatic rings. The Hall–Kier alpha value is -3.59. The normalized spacial score (nSPS) is 20.1. The van der Waals surface area contributed by atoms with Gasteiger partial charge < -0.3 is 20.0 Å². The van der Waals surface area contributed by atoms with Crippen LogP contribution in [0.4, 0.5) is 10.5 Å². The van der Waals surface area contributed by atoms with Crippen molar-refractivity contribution >= 4 is 46.0 Å². The lowest BCUT2D eigenvalue weighted by atomic mass is 9.91. The first kappa shape index (κ1) is 27.6. The second kappa shape index (κ2) is 10.7. The number of nitrogens with zero attached hydrogens (tertiary/aromatic N) is 4. The Balaban J connectivity index is 1.16. The third-order valence-electron chi connectivity index (χ3n) is 8.57. The monoisotopic (exact) mass is 576 g/mol. The Morgan fingerprint density at radius 3 is 2.61 bits per heavy atom. The smallest absolute Gasteiger partial charge is 0.322 e. The molecule has 9 nitrogen and oxygen atoms in total. The maximum Gasteiger partial charge on any atom is 0.322 e. The quantitative estimate of drug-likeness (QED) is 0.446. The summed E-state index contributed by atoms with van der Waals surface area (Å²) >= 11 is 6.58. The van der Waals surface area contributed by atoms with Crippen molar-refractivity contribution in [3.05, 3.63) is 58.2 Å². The van der Waals surface area contributed by atoms with E-state index in [4.69, 9.17) is 11.6 Å². The Labute approximate surface area is 245 Å². The van der Waals surface area contributed by atoms with Crippen molar-refractivity contribution < 1.29 is 14.4 Å². The summed E-state index contributed by atoms with van der Waals surface area (Å²) in [6.45, 7) is 9.12. The number of fused-ring (bicyclic) bond motifs is 4. The zero-order valence-corrected chi connectivity index (χ0v) is 24.6. The van der Waals surface area contributed by atoms with Gasteiger partial charge in [0.05, 0.1) is 22.7 Å². The van der Waals surface area contributed by atoms with Crippen LogP contribution in [0.15, 0.2) is 36.5 Å². The lowest BCUT2D eigenvalue weighted by Gasteiger charge is -2.41. The minimum atomic E-state index is -0.464. The average molecular weight is 577 g/mol. The molecule has 41 heavy (non-hydrogen) atoms. The van der Waals surface area contributed by atoms with Gasteiger partial charge in [-0.1, -0.05) is 50.6 Å². The number of hydrogen-bond donors (Lipinski definition) is 2. The fourth-order valence-corrected chi connectivity index (χ4v) is 6.86. The van der Waals surface area contributed by atoms with Crippen LogP contribution in [0.2, 0.25) is 5.02 Å². The number of para-hydroxylation sites is 1. The molecule has 3 aliphatic heterocycles. The first-order chi connectivity index (χ1) is 19.6. The first-order valence-corrected chi connectivity index (χ1v) is 14.8. The summed E-state index contributed by atoms with van der Waals surface area (Å²) in [5.41, 5.74) is 4.70. The number of urea groups is 1. The summed E-state index contributed by atoms with van der Waals surface area (Å²) in [6, 6.07) is 9.78. The van der Waals surface area contributed by atoms with Gasteiger partial charge in [-0.2, -0.15) is 5.10 Å². The van der Waals surface area contributed by atoms with Crippen LogP contribution in [0, 0.1) is 11.3 Å². The molecule has 0 radical (unpaired) electrons. The van der Waals surface area contributed by atoms with E-state index in [1.807, 2.05) is 45.0 Å². The highest BCUT2D eigenvalue weighted by molar-refractivity contribution is 6.35. The number of nitrogens with one attached hydrogen (secondary N) is 2. The molecule has 0 unspecified atom stereocenters. The van der Waals surface area contributed by atoms with Crippen LogP contribution in [0.5, 0.6) is 0 Å². The lowest BCUT2D eigenvalue weighted by Crippen LogP contribution is -2.51. The molecular formula is C31H37ClN6O3. The van der Waals surface area contributed by atoms with Gasteiger partial charge in [-0.15, -0.1) is 0 Å². The molecule has 4 heterocycles. The topological polar surface area (TPSA) is 102 Å². The van der Waals surface area contributed by atoms with E-state index in [1.54, 1.807) is 6.20 Å². The van der Waals surface area contributed by atoms with Gasteiger partial charge in [-0.05, 0) is 53.5 Å². The van der Waals surface area contributed by atoms with E-state index in [2.05, 4.69) is 36.3 Å². The molecule has 0 spiro atoms. The van der Waals surface area contributed by atoms with Gasteiger partial charge in [-0.3, -0.25) is 14.7 Å². The van der Waals surface area contributed by atoms with Crippen LogP contribution < -0.4 is 5.32 Å². The number of carbonyl (C=O) groups excluding carboxylic acids is 3. The number of H-pyrrole nitrogens is 1. The van der Waals surface area contributed by atoms with E-state index in [0.717, 1.165) is 33.3 Å². The van der Waals surface area contributed by atoms with Crippen LogP contribution >= 0.6 is 11.6 Å². The predicted molar refractivity (Wildman–Crippen MR) is 158 cm³/mol. The van der Waals surface area contributed by atoms with Crippen molar-refractivity contribution in [3.8, 4) is 0 Å². The third-order valence-corrected chi connectivity index (χ3v) is 8.87. The van der Waals surface area contributed by atoms with E-state index < -0.39 is 5.92 Å². The van der Waals surface area contributed by atoms with Crippen LogP contribution in [0.3, 0.4) is 0 Å². The molecule has 2 N–H and O–H groups in total. The number of anilines is 1. The van der Waals surface area contributed by atoms with Gasteiger partial charge in [0.1, 0.15) is 0 Å². The van der Waals surface area contributed by atoms with Gasteiger partial charge in [0.15, 0.2) is 0 Å². The van der Waals surface area contributed by atoms with E-state index in [-0.39, 0.29) is 35.7 Å². The lowest BCUT2D eigenvalue weighted by molar-refractivity contribution is -0.142. The summed E-state index contributed by atoms with van der Waals surface area (Å²) in [5.74, 6) is -0.464. The summed E-state index contributed by atoms with van der Waals surface area (Å²) in [7, 11) is 0. The Bertz CT molecular complexity index is 1500. The zero-order valence-electron chi connectivity index (χ0n) is 23.9. The molecule has 1 atom stereocenters. The van der Waals surface area contributed by atoms with Crippen molar-refractivity contribution in [1.29, 1.82) is 0 Å². The predicted octanol–water partition coefficient (Wildman–Crippen LogP) is 5.19. The molecule has 216 valence electrons. The van der Waals surface area contributed by atoms with Crippen LogP contribution in [0.25, 0.3) is 10.9 Å². The van der Waals surface area contributed by atoms with Crippen LogP contribution in [-0.4, -0.2) is 68.4 Å². The van der Waals surface area contributed by atoms with Crippen molar-refractivity contribution in [2.24, 2.45) is 11.3 Å². The van der Waals surface area contributed by atoms with E-state index in [0.29, 0.717) is 57.0 Å². The van der Waals surface area contributed by atoms with E-state index >= 15 is 0 Å². The van der Waals surface area contributed by atoms with Gasteiger partial charge in [0, 0.05) is 56.3 Å². The molecule has 0 saturated carbocycles. The molecule has 10 heteroatoms. The number of piperidine rings is 1. The van der Waals surface area contributed by atoms with Gasteiger partial charge >= 0.3 is 6.03 Å². The highest BCUT2D eigenvalue weighted by atomic mass is 35.5. The third kappa shape index (κ3) is 5.52. The fourth-order valence-electron chi connectivity index (χ4n) is 6.58.